The maximum absolute atomic E-state index is 13.2. The number of benzene rings is 3. The third kappa shape index (κ3) is 5.45. The van der Waals surface area contributed by atoms with Gasteiger partial charge >= 0.3 is 5.97 Å². The van der Waals surface area contributed by atoms with E-state index in [4.69, 9.17) is 20.8 Å². The molecule has 0 bridgehead atoms. The Hall–Kier alpha value is -4.89. The number of halogens is 1. The zero-order chi connectivity index (χ0) is 28.4. The average molecular weight is 558 g/mol. The highest BCUT2D eigenvalue weighted by Gasteiger charge is 2.35. The van der Waals surface area contributed by atoms with Gasteiger partial charge in [0.15, 0.2) is 0 Å². The summed E-state index contributed by atoms with van der Waals surface area (Å²) < 4.78 is 11.3. The van der Waals surface area contributed by atoms with E-state index in [1.165, 1.54) is 17.1 Å². The van der Waals surface area contributed by atoms with E-state index < -0.39 is 11.9 Å². The van der Waals surface area contributed by atoms with Gasteiger partial charge in [0.1, 0.15) is 17.3 Å². The number of ether oxygens (including phenoxy) is 1. The minimum absolute atomic E-state index is 0.0665. The fourth-order valence-electron chi connectivity index (χ4n) is 4.39. The van der Waals surface area contributed by atoms with E-state index in [9.17, 15) is 19.5 Å². The quantitative estimate of drug-likeness (QED) is 0.268. The molecule has 9 nitrogen and oxygen atoms in total. The molecular weight excluding hydrogens is 534 g/mol. The molecule has 3 aromatic carbocycles. The van der Waals surface area contributed by atoms with Crippen molar-refractivity contribution in [3.63, 3.8) is 0 Å². The summed E-state index contributed by atoms with van der Waals surface area (Å²) in [5, 5.41) is 18.0. The van der Waals surface area contributed by atoms with Crippen LogP contribution in [-0.2, 0) is 11.2 Å². The summed E-state index contributed by atoms with van der Waals surface area (Å²) in [7, 11) is 1.55. The lowest BCUT2D eigenvalue weighted by molar-refractivity contribution is -0.119. The summed E-state index contributed by atoms with van der Waals surface area (Å²) in [4.78, 5) is 37.5. The number of methoxy groups -OCH3 is 1. The molecule has 2 N–H and O–H groups in total. The number of rotatable bonds is 8. The molecule has 1 unspecified atom stereocenters. The van der Waals surface area contributed by atoms with E-state index in [1.807, 2.05) is 0 Å². The van der Waals surface area contributed by atoms with Gasteiger partial charge in [-0.25, -0.2) is 9.80 Å². The van der Waals surface area contributed by atoms with E-state index in [-0.39, 0.29) is 34.4 Å². The monoisotopic (exact) mass is 557 g/mol. The van der Waals surface area contributed by atoms with Gasteiger partial charge in [-0.1, -0.05) is 23.7 Å². The number of carbonyl (C=O) groups is 3. The van der Waals surface area contributed by atoms with E-state index in [0.29, 0.717) is 39.9 Å². The topological polar surface area (TPSA) is 121 Å². The van der Waals surface area contributed by atoms with Gasteiger partial charge in [-0.3, -0.25) is 9.59 Å². The normalized spacial score (nSPS) is 14.7. The maximum atomic E-state index is 13.2. The number of amides is 2. The van der Waals surface area contributed by atoms with E-state index in [0.717, 1.165) is 0 Å². The van der Waals surface area contributed by atoms with Crippen LogP contribution in [0.15, 0.2) is 88.4 Å². The number of carboxylic acids is 1. The Balaban J connectivity index is 1.32. The molecule has 5 rings (SSSR count). The molecule has 0 saturated heterocycles. The molecule has 0 radical (unpaired) electrons. The van der Waals surface area contributed by atoms with Gasteiger partial charge in [-0.05, 0) is 67.6 Å². The van der Waals surface area contributed by atoms with E-state index in [1.54, 1.807) is 80.8 Å². The predicted octanol–water partition coefficient (Wildman–Crippen LogP) is 6.14. The number of hydrogen-bond acceptors (Lipinski definition) is 6. The molecule has 2 amide bonds. The summed E-state index contributed by atoms with van der Waals surface area (Å²) in [6, 6.07) is 21.6. The zero-order valence-electron chi connectivity index (χ0n) is 21.6. The van der Waals surface area contributed by atoms with Crippen molar-refractivity contribution in [3.8, 4) is 17.1 Å². The van der Waals surface area contributed by atoms with Crippen molar-refractivity contribution in [2.45, 2.75) is 13.3 Å². The van der Waals surface area contributed by atoms with Crippen LogP contribution in [0.25, 0.3) is 11.3 Å². The lowest BCUT2D eigenvalue weighted by Crippen LogP contribution is -2.28. The first-order valence-electron chi connectivity index (χ1n) is 12.3. The standard InChI is InChI=1S/C30H24ClN3O6/c1-17-24(29(36)34(33-17)21-7-3-5-19(13-21)30(37)38)16-23-10-12-27(40-23)18-9-11-26(31)25(14-18)28(35)32-20-6-4-8-22(15-20)39-2/h3-15,24H,16H2,1-2H3,(H,32,35)(H,37,38). The van der Waals surface area contributed by atoms with Crippen molar-refractivity contribution in [2.24, 2.45) is 11.0 Å². The fourth-order valence-corrected chi connectivity index (χ4v) is 4.59. The predicted molar refractivity (Wildman–Crippen MR) is 151 cm³/mol. The van der Waals surface area contributed by atoms with Crippen LogP contribution in [0.5, 0.6) is 5.75 Å². The van der Waals surface area contributed by atoms with E-state index in [2.05, 4.69) is 10.4 Å². The van der Waals surface area contributed by atoms with Gasteiger partial charge < -0.3 is 19.6 Å². The Kier molecular flexibility index (Phi) is 7.39. The van der Waals surface area contributed by atoms with Crippen molar-refractivity contribution >= 4 is 46.5 Å². The Labute approximate surface area is 234 Å². The van der Waals surface area contributed by atoms with Gasteiger partial charge in [0.25, 0.3) is 11.8 Å². The third-order valence-corrected chi connectivity index (χ3v) is 6.83. The molecule has 40 heavy (non-hydrogen) atoms. The third-order valence-electron chi connectivity index (χ3n) is 6.50. The molecule has 1 aromatic heterocycles. The average Bonchev–Trinajstić information content (AvgIpc) is 3.53. The van der Waals surface area contributed by atoms with Crippen LogP contribution >= 0.6 is 11.6 Å². The number of anilines is 2. The summed E-state index contributed by atoms with van der Waals surface area (Å²) in [5.41, 5.74) is 2.51. The molecule has 0 saturated carbocycles. The lowest BCUT2D eigenvalue weighted by Gasteiger charge is -2.14. The summed E-state index contributed by atoms with van der Waals surface area (Å²) in [6.07, 6.45) is 0.264. The van der Waals surface area contributed by atoms with Crippen LogP contribution in [-0.4, -0.2) is 35.7 Å². The molecule has 0 fully saturated rings. The summed E-state index contributed by atoms with van der Waals surface area (Å²) in [5.74, 6) is -0.643. The van der Waals surface area contributed by atoms with Gasteiger partial charge in [-0.15, -0.1) is 0 Å². The first-order valence-corrected chi connectivity index (χ1v) is 12.7. The summed E-state index contributed by atoms with van der Waals surface area (Å²) >= 11 is 6.34. The van der Waals surface area contributed by atoms with Gasteiger partial charge in [0.2, 0.25) is 0 Å². The highest BCUT2D eigenvalue weighted by molar-refractivity contribution is 6.34. The Bertz CT molecular complexity index is 1660. The SMILES string of the molecule is COc1cccc(NC(=O)c2cc(-c3ccc(CC4C(=O)N(c5cccc(C(=O)O)c5)N=C4C)o3)ccc2Cl)c1. The zero-order valence-corrected chi connectivity index (χ0v) is 22.3. The second-order valence-electron chi connectivity index (χ2n) is 9.15. The maximum Gasteiger partial charge on any atom is 0.335 e. The summed E-state index contributed by atoms with van der Waals surface area (Å²) in [6.45, 7) is 1.75. The van der Waals surface area contributed by atoms with Crippen molar-refractivity contribution in [3.05, 3.63) is 101 Å². The van der Waals surface area contributed by atoms with Gasteiger partial charge in [-0.2, -0.15) is 5.10 Å². The highest BCUT2D eigenvalue weighted by atomic mass is 35.5. The van der Waals surface area contributed by atoms with E-state index >= 15 is 0 Å². The number of carbonyl (C=O) groups excluding carboxylic acids is 2. The van der Waals surface area contributed by atoms with Gasteiger partial charge in [0.05, 0.1) is 34.9 Å². The molecule has 2 heterocycles. The second-order valence-corrected chi connectivity index (χ2v) is 9.56. The molecule has 10 heteroatoms. The smallest absolute Gasteiger partial charge is 0.335 e. The first kappa shape index (κ1) is 26.7. The Morgan fingerprint density at radius 1 is 1.07 bits per heavy atom. The number of aromatic carboxylic acids is 1. The van der Waals surface area contributed by atoms with Crippen LogP contribution in [0.1, 0.15) is 33.4 Å². The van der Waals surface area contributed by atoms with Crippen LogP contribution < -0.4 is 15.1 Å². The van der Waals surface area contributed by atoms with Crippen molar-refractivity contribution < 1.29 is 28.6 Å². The second kappa shape index (κ2) is 11.1. The fraction of sp³-hybridized carbons (Fsp3) is 0.133. The molecule has 202 valence electrons. The van der Waals surface area contributed by atoms with Crippen LogP contribution in [0, 0.1) is 5.92 Å². The minimum Gasteiger partial charge on any atom is -0.497 e. The van der Waals surface area contributed by atoms with Crippen molar-refractivity contribution in [1.29, 1.82) is 0 Å². The molecule has 0 spiro atoms. The number of nitrogens with one attached hydrogen (secondary N) is 1. The molecule has 1 aliphatic rings. The molecular formula is C30H24ClN3O6. The van der Waals surface area contributed by atoms with Crippen molar-refractivity contribution in [2.75, 3.05) is 17.4 Å². The van der Waals surface area contributed by atoms with Gasteiger partial charge in [0, 0.05) is 29.4 Å². The largest absolute Gasteiger partial charge is 0.497 e. The molecule has 1 aliphatic heterocycles. The number of nitrogens with zero attached hydrogens (tertiary/aromatic N) is 2. The van der Waals surface area contributed by atoms with Crippen LogP contribution in [0.3, 0.4) is 0 Å². The molecule has 4 aromatic rings. The van der Waals surface area contributed by atoms with Crippen LogP contribution in [0.2, 0.25) is 5.02 Å². The van der Waals surface area contributed by atoms with Crippen molar-refractivity contribution in [1.82, 2.24) is 0 Å². The Morgan fingerprint density at radius 2 is 1.88 bits per heavy atom. The first-order chi connectivity index (χ1) is 19.2. The molecule has 0 aliphatic carbocycles. The van der Waals surface area contributed by atoms with Crippen LogP contribution in [0.4, 0.5) is 11.4 Å². The lowest BCUT2D eigenvalue weighted by atomic mass is 9.99. The highest BCUT2D eigenvalue weighted by Crippen LogP contribution is 2.31. The Morgan fingerprint density at radius 3 is 2.65 bits per heavy atom. The molecule has 1 atom stereocenters. The number of hydrogen-bond donors (Lipinski definition) is 2. The number of hydrazone groups is 1. The number of carboxylic acid groups (broad SMARTS) is 1. The minimum atomic E-state index is -1.09. The number of furan rings is 1.